The molecule has 1 heterocycles. The van der Waals surface area contributed by atoms with E-state index in [1.165, 1.54) is 14.2 Å². The largest absolute Gasteiger partial charge is 0.466 e. The Bertz CT molecular complexity index is 954. The quantitative estimate of drug-likeness (QED) is 0.542. The van der Waals surface area contributed by atoms with E-state index in [0.29, 0.717) is 5.69 Å². The van der Waals surface area contributed by atoms with Gasteiger partial charge < -0.3 is 14.0 Å². The van der Waals surface area contributed by atoms with Gasteiger partial charge in [0.2, 0.25) is 0 Å². The first-order valence-electron chi connectivity index (χ1n) is 7.69. The van der Waals surface area contributed by atoms with Gasteiger partial charge in [0.15, 0.2) is 0 Å². The van der Waals surface area contributed by atoms with E-state index >= 15 is 0 Å². The fourth-order valence-electron chi connectivity index (χ4n) is 2.74. The number of fused-ring (bicyclic) bond motifs is 1. The van der Waals surface area contributed by atoms with Crippen LogP contribution in [0, 0.1) is 0 Å². The Labute approximate surface area is 145 Å². The summed E-state index contributed by atoms with van der Waals surface area (Å²) in [6.07, 6.45) is 3.08. The van der Waals surface area contributed by atoms with Crippen LogP contribution >= 0.6 is 0 Å². The van der Waals surface area contributed by atoms with Crippen molar-refractivity contribution in [3.63, 3.8) is 0 Å². The first-order chi connectivity index (χ1) is 12.2. The number of para-hydroxylation sites is 1. The molecule has 3 aromatic rings. The first kappa shape index (κ1) is 16.5. The van der Waals surface area contributed by atoms with Crippen molar-refractivity contribution in [3.05, 3.63) is 72.6 Å². The van der Waals surface area contributed by atoms with Gasteiger partial charge in [-0.25, -0.2) is 9.59 Å². The van der Waals surface area contributed by atoms with Crippen LogP contribution in [0.5, 0.6) is 0 Å². The summed E-state index contributed by atoms with van der Waals surface area (Å²) >= 11 is 0. The molecule has 0 spiro atoms. The van der Waals surface area contributed by atoms with E-state index in [1.54, 1.807) is 0 Å². The summed E-state index contributed by atoms with van der Waals surface area (Å²) in [5.41, 5.74) is 1.59. The molecule has 0 bridgehead atoms. The van der Waals surface area contributed by atoms with Crippen molar-refractivity contribution in [3.8, 4) is 5.69 Å². The number of rotatable bonds is 4. The number of carbonyl (C=O) groups is 2. The number of hydrogen-bond acceptors (Lipinski definition) is 4. The molecule has 0 radical (unpaired) electrons. The Morgan fingerprint density at radius 3 is 2.28 bits per heavy atom. The molecule has 1 aromatic heterocycles. The van der Waals surface area contributed by atoms with Gasteiger partial charge in [-0.15, -0.1) is 0 Å². The van der Waals surface area contributed by atoms with E-state index in [9.17, 15) is 9.59 Å². The second kappa shape index (κ2) is 7.05. The summed E-state index contributed by atoms with van der Waals surface area (Å²) in [5, 5.41) is 1.79. The highest BCUT2D eigenvalue weighted by Gasteiger charge is 2.22. The second-order valence-electron chi connectivity index (χ2n) is 5.34. The Hall–Kier alpha value is -3.34. The highest BCUT2D eigenvalue weighted by atomic mass is 16.5. The molecule has 0 unspecified atom stereocenters. The van der Waals surface area contributed by atoms with Crippen LogP contribution < -0.4 is 0 Å². The van der Waals surface area contributed by atoms with Gasteiger partial charge in [0.25, 0.3) is 0 Å². The molecular formula is C20H17NO4. The van der Waals surface area contributed by atoms with Crippen molar-refractivity contribution in [1.29, 1.82) is 0 Å². The normalized spacial score (nSPS) is 11.4. The van der Waals surface area contributed by atoms with Gasteiger partial charge in [-0.2, -0.15) is 0 Å². The number of hydrogen-bond donors (Lipinski definition) is 0. The number of carbonyl (C=O) groups excluding carboxylic acids is 2. The minimum Gasteiger partial charge on any atom is -0.466 e. The standard InChI is InChI=1S/C20H17NO4/c1-24-18(22)12-17(20(23)25-2)19-16-11-7-6-8-14(16)13-21(19)15-9-4-3-5-10-15/h3-13H,1-2H3/b17-12+. The molecule has 0 N–H and O–H groups in total. The Morgan fingerprint density at radius 1 is 0.920 bits per heavy atom. The van der Waals surface area contributed by atoms with Gasteiger partial charge >= 0.3 is 11.9 Å². The molecule has 3 rings (SSSR count). The van der Waals surface area contributed by atoms with Crippen molar-refractivity contribution in [2.45, 2.75) is 0 Å². The highest BCUT2D eigenvalue weighted by molar-refractivity contribution is 6.23. The van der Waals surface area contributed by atoms with Crippen LogP contribution in [0.25, 0.3) is 22.0 Å². The predicted octanol–water partition coefficient (Wildman–Crippen LogP) is 3.36. The third-order valence-electron chi connectivity index (χ3n) is 3.88. The van der Waals surface area contributed by atoms with Gasteiger partial charge in [-0.1, -0.05) is 42.5 Å². The molecule has 0 aliphatic rings. The third-order valence-corrected chi connectivity index (χ3v) is 3.88. The zero-order chi connectivity index (χ0) is 17.8. The Morgan fingerprint density at radius 2 is 1.60 bits per heavy atom. The fourth-order valence-corrected chi connectivity index (χ4v) is 2.74. The molecule has 2 aromatic carbocycles. The van der Waals surface area contributed by atoms with E-state index in [-0.39, 0.29) is 5.57 Å². The predicted molar refractivity (Wildman–Crippen MR) is 95.3 cm³/mol. The zero-order valence-corrected chi connectivity index (χ0v) is 13.9. The van der Waals surface area contributed by atoms with Gasteiger partial charge in [0.05, 0.1) is 25.5 Å². The van der Waals surface area contributed by atoms with Crippen LogP contribution in [0.3, 0.4) is 0 Å². The van der Waals surface area contributed by atoms with Crippen LogP contribution in [-0.4, -0.2) is 30.7 Å². The molecule has 0 amide bonds. The summed E-state index contributed by atoms with van der Waals surface area (Å²) in [7, 11) is 2.55. The lowest BCUT2D eigenvalue weighted by Crippen LogP contribution is -2.11. The highest BCUT2D eigenvalue weighted by Crippen LogP contribution is 2.31. The summed E-state index contributed by atoms with van der Waals surface area (Å²) in [5.74, 6) is -1.23. The smallest absolute Gasteiger partial charge is 0.340 e. The second-order valence-corrected chi connectivity index (χ2v) is 5.34. The first-order valence-corrected chi connectivity index (χ1v) is 7.69. The molecule has 25 heavy (non-hydrogen) atoms. The average molecular weight is 335 g/mol. The number of nitrogens with zero attached hydrogens (tertiary/aromatic N) is 1. The molecule has 0 atom stereocenters. The summed E-state index contributed by atoms with van der Waals surface area (Å²) < 4.78 is 11.5. The lowest BCUT2D eigenvalue weighted by Gasteiger charge is -2.12. The summed E-state index contributed by atoms with van der Waals surface area (Å²) in [4.78, 5) is 24.2. The Balaban J connectivity index is 2.34. The van der Waals surface area contributed by atoms with Crippen LogP contribution in [0.1, 0.15) is 5.69 Å². The molecule has 0 aliphatic carbocycles. The average Bonchev–Trinajstić information content (AvgIpc) is 3.05. The SMILES string of the molecule is COC(=O)/C=C(/C(=O)OC)c1c2ccccc2cn1-c1ccccc1. The molecule has 5 nitrogen and oxygen atoms in total. The number of ether oxygens (including phenoxy) is 2. The van der Waals surface area contributed by atoms with Crippen LogP contribution in [0.2, 0.25) is 0 Å². The van der Waals surface area contributed by atoms with Crippen molar-refractivity contribution >= 4 is 28.3 Å². The number of methoxy groups -OCH3 is 2. The maximum Gasteiger partial charge on any atom is 0.340 e. The van der Waals surface area contributed by atoms with E-state index in [1.807, 2.05) is 65.4 Å². The van der Waals surface area contributed by atoms with Gasteiger partial charge in [0, 0.05) is 28.7 Å². The zero-order valence-electron chi connectivity index (χ0n) is 13.9. The maximum absolute atomic E-state index is 12.4. The van der Waals surface area contributed by atoms with Crippen molar-refractivity contribution < 1.29 is 19.1 Å². The molecule has 0 aliphatic heterocycles. The molecule has 0 saturated carbocycles. The van der Waals surface area contributed by atoms with E-state index < -0.39 is 11.9 Å². The van der Waals surface area contributed by atoms with E-state index in [0.717, 1.165) is 22.5 Å². The lowest BCUT2D eigenvalue weighted by molar-refractivity contribution is -0.136. The van der Waals surface area contributed by atoms with Gasteiger partial charge in [-0.05, 0) is 12.1 Å². The molecular weight excluding hydrogens is 318 g/mol. The van der Waals surface area contributed by atoms with Crippen molar-refractivity contribution in [2.24, 2.45) is 0 Å². The van der Waals surface area contributed by atoms with Gasteiger partial charge in [0.1, 0.15) is 0 Å². The number of benzene rings is 2. The third kappa shape index (κ3) is 3.17. The van der Waals surface area contributed by atoms with Gasteiger partial charge in [-0.3, -0.25) is 0 Å². The summed E-state index contributed by atoms with van der Waals surface area (Å²) in [6.45, 7) is 0. The lowest BCUT2D eigenvalue weighted by atomic mass is 10.1. The van der Waals surface area contributed by atoms with Crippen LogP contribution in [-0.2, 0) is 19.1 Å². The van der Waals surface area contributed by atoms with Crippen LogP contribution in [0.15, 0.2) is 66.9 Å². The molecule has 5 heteroatoms. The minimum absolute atomic E-state index is 0.138. The van der Waals surface area contributed by atoms with E-state index in [4.69, 9.17) is 9.47 Å². The molecule has 0 saturated heterocycles. The minimum atomic E-state index is -0.620. The fraction of sp³-hybridized carbons (Fsp3) is 0.100. The topological polar surface area (TPSA) is 57.5 Å². The monoisotopic (exact) mass is 335 g/mol. The van der Waals surface area contributed by atoms with Crippen molar-refractivity contribution in [2.75, 3.05) is 14.2 Å². The maximum atomic E-state index is 12.4. The molecule has 0 fully saturated rings. The summed E-state index contributed by atoms with van der Waals surface area (Å²) in [6, 6.07) is 17.2. The van der Waals surface area contributed by atoms with Crippen LogP contribution in [0.4, 0.5) is 0 Å². The van der Waals surface area contributed by atoms with E-state index in [2.05, 4.69) is 0 Å². The number of esters is 2. The number of aromatic nitrogens is 1. The Kier molecular flexibility index (Phi) is 4.66. The molecule has 126 valence electrons. The van der Waals surface area contributed by atoms with Crippen molar-refractivity contribution in [1.82, 2.24) is 4.57 Å².